The summed E-state index contributed by atoms with van der Waals surface area (Å²) < 4.78 is 5.50. The van der Waals surface area contributed by atoms with Gasteiger partial charge in [0.2, 0.25) is 5.95 Å². The van der Waals surface area contributed by atoms with Gasteiger partial charge in [0.1, 0.15) is 5.82 Å². The van der Waals surface area contributed by atoms with Gasteiger partial charge in [0.05, 0.1) is 18.2 Å². The maximum absolute atomic E-state index is 5.50. The molecular formula is C12H20N6O. The number of anilines is 2. The summed E-state index contributed by atoms with van der Waals surface area (Å²) in [6.45, 7) is 4.34. The van der Waals surface area contributed by atoms with Crippen LogP contribution in [0.1, 0.15) is 19.8 Å². The first-order valence-electron chi connectivity index (χ1n) is 6.55. The largest absolute Gasteiger partial charge is 0.380 e. The Morgan fingerprint density at radius 3 is 3.00 bits per heavy atom. The van der Waals surface area contributed by atoms with Crippen molar-refractivity contribution in [2.75, 3.05) is 37.4 Å². The van der Waals surface area contributed by atoms with Crippen LogP contribution in [0.5, 0.6) is 0 Å². The molecule has 7 nitrogen and oxygen atoms in total. The fourth-order valence-corrected chi connectivity index (χ4v) is 1.67. The maximum atomic E-state index is 5.50. The monoisotopic (exact) mass is 264 g/mol. The van der Waals surface area contributed by atoms with E-state index in [9.17, 15) is 0 Å². The van der Waals surface area contributed by atoms with Crippen molar-refractivity contribution in [3.05, 3.63) is 6.20 Å². The van der Waals surface area contributed by atoms with E-state index in [1.165, 1.54) is 0 Å². The lowest BCUT2D eigenvalue weighted by molar-refractivity contribution is 0.141. The molecule has 0 fully saturated rings. The van der Waals surface area contributed by atoms with E-state index in [1.54, 1.807) is 13.2 Å². The summed E-state index contributed by atoms with van der Waals surface area (Å²) >= 11 is 0. The number of aromatic nitrogens is 4. The third-order valence-electron chi connectivity index (χ3n) is 2.71. The third-order valence-corrected chi connectivity index (χ3v) is 2.71. The SMILES string of the molecule is CCCCOCCNc1nc(NC)nc2[nH]ncc12. The number of aromatic amines is 1. The quantitative estimate of drug-likeness (QED) is 0.628. The van der Waals surface area contributed by atoms with Gasteiger partial charge in [-0.05, 0) is 6.42 Å². The molecule has 0 amide bonds. The lowest BCUT2D eigenvalue weighted by atomic mass is 10.4. The Hall–Kier alpha value is -1.89. The molecule has 0 aromatic carbocycles. The van der Waals surface area contributed by atoms with Crippen molar-refractivity contribution in [1.29, 1.82) is 0 Å². The second-order valence-electron chi connectivity index (χ2n) is 4.17. The average molecular weight is 264 g/mol. The first-order chi connectivity index (χ1) is 9.35. The normalized spacial score (nSPS) is 10.8. The van der Waals surface area contributed by atoms with Crippen LogP contribution >= 0.6 is 0 Å². The molecule has 19 heavy (non-hydrogen) atoms. The van der Waals surface area contributed by atoms with E-state index in [4.69, 9.17) is 4.74 Å². The molecule has 0 saturated carbocycles. The highest BCUT2D eigenvalue weighted by atomic mass is 16.5. The van der Waals surface area contributed by atoms with Crippen molar-refractivity contribution in [2.45, 2.75) is 19.8 Å². The Labute approximate surface area is 112 Å². The van der Waals surface area contributed by atoms with Gasteiger partial charge in [-0.25, -0.2) is 0 Å². The van der Waals surface area contributed by atoms with Crippen molar-refractivity contribution in [1.82, 2.24) is 20.2 Å². The van der Waals surface area contributed by atoms with Crippen LogP contribution < -0.4 is 10.6 Å². The molecule has 2 rings (SSSR count). The lowest BCUT2D eigenvalue weighted by Gasteiger charge is -2.08. The van der Waals surface area contributed by atoms with E-state index in [1.807, 2.05) is 0 Å². The topological polar surface area (TPSA) is 87.8 Å². The summed E-state index contributed by atoms with van der Waals surface area (Å²) in [4.78, 5) is 8.65. The molecule has 0 saturated heterocycles. The van der Waals surface area contributed by atoms with Crippen LogP contribution in [0.2, 0.25) is 0 Å². The minimum Gasteiger partial charge on any atom is -0.380 e. The van der Waals surface area contributed by atoms with Gasteiger partial charge in [-0.3, -0.25) is 5.10 Å². The molecule has 0 spiro atoms. The van der Waals surface area contributed by atoms with Gasteiger partial charge in [0, 0.05) is 20.2 Å². The lowest BCUT2D eigenvalue weighted by Crippen LogP contribution is -2.12. The first-order valence-corrected chi connectivity index (χ1v) is 6.55. The van der Waals surface area contributed by atoms with Crippen LogP contribution in [0.3, 0.4) is 0 Å². The van der Waals surface area contributed by atoms with Crippen LogP contribution in [0.15, 0.2) is 6.20 Å². The maximum Gasteiger partial charge on any atom is 0.226 e. The summed E-state index contributed by atoms with van der Waals surface area (Å²) in [5.74, 6) is 1.33. The van der Waals surface area contributed by atoms with Crippen molar-refractivity contribution < 1.29 is 4.74 Å². The van der Waals surface area contributed by atoms with E-state index in [2.05, 4.69) is 37.7 Å². The Kier molecular flexibility index (Phi) is 4.91. The van der Waals surface area contributed by atoms with Gasteiger partial charge in [-0.1, -0.05) is 13.3 Å². The van der Waals surface area contributed by atoms with E-state index >= 15 is 0 Å². The predicted molar refractivity (Wildman–Crippen MR) is 75.4 cm³/mol. The van der Waals surface area contributed by atoms with Gasteiger partial charge >= 0.3 is 0 Å². The molecule has 0 aliphatic carbocycles. The van der Waals surface area contributed by atoms with E-state index in [0.717, 1.165) is 30.7 Å². The number of nitrogens with one attached hydrogen (secondary N) is 3. The summed E-state index contributed by atoms with van der Waals surface area (Å²) in [6, 6.07) is 0. The Balaban J connectivity index is 1.93. The molecule has 104 valence electrons. The minimum absolute atomic E-state index is 0.561. The summed E-state index contributed by atoms with van der Waals surface area (Å²) in [6.07, 6.45) is 3.97. The highest BCUT2D eigenvalue weighted by Crippen LogP contribution is 2.19. The summed E-state index contributed by atoms with van der Waals surface area (Å²) in [5, 5.41) is 13.9. The second-order valence-corrected chi connectivity index (χ2v) is 4.17. The summed E-state index contributed by atoms with van der Waals surface area (Å²) in [5.41, 5.74) is 0.716. The highest BCUT2D eigenvalue weighted by Gasteiger charge is 2.07. The van der Waals surface area contributed by atoms with Crippen molar-refractivity contribution in [3.63, 3.8) is 0 Å². The van der Waals surface area contributed by atoms with E-state index in [-0.39, 0.29) is 0 Å². The van der Waals surface area contributed by atoms with Gasteiger partial charge in [-0.2, -0.15) is 15.1 Å². The standard InChI is InChI=1S/C12H20N6O/c1-3-4-6-19-7-5-14-10-9-8-15-18-11(9)17-12(13-2)16-10/h8H,3-7H2,1-2H3,(H3,13,14,15,16,17,18). The smallest absolute Gasteiger partial charge is 0.226 e. The van der Waals surface area contributed by atoms with E-state index < -0.39 is 0 Å². The average Bonchev–Trinajstić information content (AvgIpc) is 2.90. The van der Waals surface area contributed by atoms with E-state index in [0.29, 0.717) is 24.7 Å². The molecule has 7 heteroatoms. The Morgan fingerprint density at radius 1 is 1.32 bits per heavy atom. The number of ether oxygens (including phenoxy) is 1. The molecular weight excluding hydrogens is 244 g/mol. The number of nitrogens with zero attached hydrogens (tertiary/aromatic N) is 3. The number of rotatable bonds is 8. The molecule has 0 aliphatic heterocycles. The minimum atomic E-state index is 0.561. The number of unbranched alkanes of at least 4 members (excludes halogenated alkanes) is 1. The molecule has 0 bridgehead atoms. The van der Waals surface area contributed by atoms with Gasteiger partial charge < -0.3 is 15.4 Å². The van der Waals surface area contributed by atoms with Gasteiger partial charge in [-0.15, -0.1) is 0 Å². The number of fused-ring (bicyclic) bond motifs is 1. The zero-order chi connectivity index (χ0) is 13.5. The molecule has 0 radical (unpaired) electrons. The second kappa shape index (κ2) is 6.89. The van der Waals surface area contributed by atoms with Crippen molar-refractivity contribution >= 4 is 22.8 Å². The molecule has 2 heterocycles. The zero-order valence-corrected chi connectivity index (χ0v) is 11.4. The molecule has 2 aromatic rings. The van der Waals surface area contributed by atoms with Crippen LogP contribution in [0.4, 0.5) is 11.8 Å². The predicted octanol–water partition coefficient (Wildman–Crippen LogP) is 1.62. The summed E-state index contributed by atoms with van der Waals surface area (Å²) in [7, 11) is 1.79. The molecule has 3 N–H and O–H groups in total. The highest BCUT2D eigenvalue weighted by molar-refractivity contribution is 5.86. The van der Waals surface area contributed by atoms with Gasteiger partial charge in [0.25, 0.3) is 0 Å². The zero-order valence-electron chi connectivity index (χ0n) is 11.4. The third kappa shape index (κ3) is 3.54. The Morgan fingerprint density at radius 2 is 2.21 bits per heavy atom. The molecule has 0 atom stereocenters. The molecule has 0 unspecified atom stereocenters. The van der Waals surface area contributed by atoms with Crippen LogP contribution in [-0.2, 0) is 4.74 Å². The van der Waals surface area contributed by atoms with Gasteiger partial charge in [0.15, 0.2) is 5.65 Å². The van der Waals surface area contributed by atoms with Crippen LogP contribution in [0.25, 0.3) is 11.0 Å². The molecule has 2 aromatic heterocycles. The first kappa shape index (κ1) is 13.5. The van der Waals surface area contributed by atoms with Crippen molar-refractivity contribution in [2.24, 2.45) is 0 Å². The molecule has 0 aliphatic rings. The fourth-order valence-electron chi connectivity index (χ4n) is 1.67. The van der Waals surface area contributed by atoms with Crippen molar-refractivity contribution in [3.8, 4) is 0 Å². The van der Waals surface area contributed by atoms with Crippen LogP contribution in [-0.4, -0.2) is 47.0 Å². The fraction of sp³-hybridized carbons (Fsp3) is 0.583. The number of H-pyrrole nitrogens is 1. The number of hydrogen-bond acceptors (Lipinski definition) is 6. The van der Waals surface area contributed by atoms with Crippen LogP contribution in [0, 0.1) is 0 Å². The Bertz CT molecular complexity index is 512. The number of hydrogen-bond donors (Lipinski definition) is 3.